The molecule has 9 heavy (non-hydrogen) atoms. The Kier molecular flexibility index (Phi) is 2.82. The van der Waals surface area contributed by atoms with Crippen molar-refractivity contribution in [1.82, 2.24) is 4.90 Å². The van der Waals surface area contributed by atoms with Crippen LogP contribution in [-0.2, 0) is 0 Å². The van der Waals surface area contributed by atoms with Crippen LogP contribution < -0.4 is 5.73 Å². The SMILES string of the molecule is NCC1CCN1CCS. The van der Waals surface area contributed by atoms with Crippen molar-refractivity contribution >= 4 is 12.6 Å². The summed E-state index contributed by atoms with van der Waals surface area (Å²) in [4.78, 5) is 2.38. The van der Waals surface area contributed by atoms with E-state index >= 15 is 0 Å². The lowest BCUT2D eigenvalue weighted by Crippen LogP contribution is -2.52. The van der Waals surface area contributed by atoms with Crippen LogP contribution in [0.4, 0.5) is 0 Å². The van der Waals surface area contributed by atoms with Crippen LogP contribution in [0.5, 0.6) is 0 Å². The fourth-order valence-corrected chi connectivity index (χ4v) is 1.44. The van der Waals surface area contributed by atoms with Gasteiger partial charge in [-0.3, -0.25) is 4.90 Å². The fourth-order valence-electron chi connectivity index (χ4n) is 1.18. The maximum absolute atomic E-state index is 5.49. The summed E-state index contributed by atoms with van der Waals surface area (Å²) in [6, 6.07) is 0.664. The molecule has 54 valence electrons. The average Bonchev–Trinajstić information content (AvgIpc) is 1.82. The molecule has 0 aliphatic carbocycles. The van der Waals surface area contributed by atoms with Crippen molar-refractivity contribution in [1.29, 1.82) is 0 Å². The third kappa shape index (κ3) is 1.60. The van der Waals surface area contributed by atoms with Crippen LogP contribution >= 0.6 is 12.6 Å². The van der Waals surface area contributed by atoms with Crippen LogP contribution in [0.25, 0.3) is 0 Å². The molecule has 1 unspecified atom stereocenters. The predicted molar refractivity (Wildman–Crippen MR) is 42.9 cm³/mol. The van der Waals surface area contributed by atoms with E-state index in [1.165, 1.54) is 13.0 Å². The third-order valence-corrected chi connectivity index (χ3v) is 2.13. The summed E-state index contributed by atoms with van der Waals surface area (Å²) >= 11 is 4.14. The van der Waals surface area contributed by atoms with Gasteiger partial charge in [-0.05, 0) is 6.42 Å². The number of rotatable bonds is 3. The van der Waals surface area contributed by atoms with E-state index in [4.69, 9.17) is 5.73 Å². The van der Waals surface area contributed by atoms with Gasteiger partial charge in [-0.15, -0.1) is 0 Å². The second-order valence-corrected chi connectivity index (χ2v) is 2.88. The van der Waals surface area contributed by atoms with Crippen molar-refractivity contribution in [3.05, 3.63) is 0 Å². The lowest BCUT2D eigenvalue weighted by atomic mass is 10.0. The Balaban J connectivity index is 2.11. The Bertz CT molecular complexity index is 85.1. The Hall–Kier alpha value is 0.270. The molecule has 1 saturated heterocycles. The van der Waals surface area contributed by atoms with E-state index in [0.29, 0.717) is 6.04 Å². The minimum atomic E-state index is 0.664. The molecule has 0 saturated carbocycles. The first-order valence-corrected chi connectivity index (χ1v) is 4.06. The average molecular weight is 146 g/mol. The van der Waals surface area contributed by atoms with Gasteiger partial charge in [0.15, 0.2) is 0 Å². The van der Waals surface area contributed by atoms with E-state index < -0.39 is 0 Å². The van der Waals surface area contributed by atoms with Crippen LogP contribution in [0.1, 0.15) is 6.42 Å². The molecule has 2 N–H and O–H groups in total. The largest absolute Gasteiger partial charge is 0.329 e. The highest BCUT2D eigenvalue weighted by Crippen LogP contribution is 2.14. The molecule has 0 aromatic rings. The zero-order valence-electron chi connectivity index (χ0n) is 5.58. The van der Waals surface area contributed by atoms with Gasteiger partial charge in [-0.25, -0.2) is 0 Å². The van der Waals surface area contributed by atoms with Gasteiger partial charge in [0.2, 0.25) is 0 Å². The maximum Gasteiger partial charge on any atom is 0.0230 e. The summed E-state index contributed by atoms with van der Waals surface area (Å²) in [5.41, 5.74) is 5.49. The van der Waals surface area contributed by atoms with Crippen molar-refractivity contribution in [2.24, 2.45) is 5.73 Å². The van der Waals surface area contributed by atoms with E-state index in [2.05, 4.69) is 17.5 Å². The van der Waals surface area contributed by atoms with Crippen LogP contribution in [0.3, 0.4) is 0 Å². The molecule has 1 aliphatic heterocycles. The summed E-state index contributed by atoms with van der Waals surface area (Å²) in [6.07, 6.45) is 1.28. The molecule has 0 bridgehead atoms. The molecule has 0 radical (unpaired) electrons. The molecule has 0 spiro atoms. The monoisotopic (exact) mass is 146 g/mol. The van der Waals surface area contributed by atoms with Crippen molar-refractivity contribution in [2.45, 2.75) is 12.5 Å². The maximum atomic E-state index is 5.49. The van der Waals surface area contributed by atoms with Crippen LogP contribution in [-0.4, -0.2) is 36.3 Å². The van der Waals surface area contributed by atoms with Gasteiger partial charge in [0.1, 0.15) is 0 Å². The van der Waals surface area contributed by atoms with E-state index in [0.717, 1.165) is 18.8 Å². The van der Waals surface area contributed by atoms with Gasteiger partial charge in [0.05, 0.1) is 0 Å². The van der Waals surface area contributed by atoms with Crippen LogP contribution in [0, 0.1) is 0 Å². The third-order valence-electron chi connectivity index (χ3n) is 1.93. The normalized spacial score (nSPS) is 28.0. The topological polar surface area (TPSA) is 29.3 Å². The molecule has 2 nitrogen and oxygen atoms in total. The molecule has 1 atom stereocenters. The molecule has 1 fully saturated rings. The molecular weight excluding hydrogens is 132 g/mol. The first-order chi connectivity index (χ1) is 4.38. The summed E-state index contributed by atoms with van der Waals surface area (Å²) in [5.74, 6) is 0.955. The van der Waals surface area contributed by atoms with Crippen molar-refractivity contribution < 1.29 is 0 Å². The number of hydrogen-bond donors (Lipinski definition) is 2. The summed E-state index contributed by atoms with van der Waals surface area (Å²) in [5, 5.41) is 0. The quantitative estimate of drug-likeness (QED) is 0.547. The summed E-state index contributed by atoms with van der Waals surface area (Å²) < 4.78 is 0. The van der Waals surface area contributed by atoms with Crippen LogP contribution in [0.2, 0.25) is 0 Å². The number of likely N-dealkylation sites (tertiary alicyclic amines) is 1. The second kappa shape index (κ2) is 3.44. The fraction of sp³-hybridized carbons (Fsp3) is 1.00. The van der Waals surface area contributed by atoms with Crippen molar-refractivity contribution in [3.63, 3.8) is 0 Å². The van der Waals surface area contributed by atoms with Gasteiger partial charge in [-0.2, -0.15) is 12.6 Å². The minimum Gasteiger partial charge on any atom is -0.329 e. The molecular formula is C6H14N2S. The van der Waals surface area contributed by atoms with E-state index in [-0.39, 0.29) is 0 Å². The molecule has 1 heterocycles. The van der Waals surface area contributed by atoms with E-state index in [1.54, 1.807) is 0 Å². The summed E-state index contributed by atoms with van der Waals surface area (Å²) in [6.45, 7) is 3.14. The van der Waals surface area contributed by atoms with E-state index in [9.17, 15) is 0 Å². The standard InChI is InChI=1S/C6H14N2S/c7-5-6-1-2-8(6)3-4-9/h6,9H,1-5,7H2. The second-order valence-electron chi connectivity index (χ2n) is 2.44. The van der Waals surface area contributed by atoms with Gasteiger partial charge < -0.3 is 5.73 Å². The van der Waals surface area contributed by atoms with E-state index in [1.807, 2.05) is 0 Å². The molecule has 1 rings (SSSR count). The highest BCUT2D eigenvalue weighted by Gasteiger charge is 2.24. The molecule has 0 aromatic carbocycles. The lowest BCUT2D eigenvalue weighted by molar-refractivity contribution is 0.106. The number of nitrogens with zero attached hydrogens (tertiary/aromatic N) is 1. The zero-order chi connectivity index (χ0) is 6.69. The Morgan fingerprint density at radius 2 is 2.44 bits per heavy atom. The first kappa shape index (κ1) is 7.38. The minimum absolute atomic E-state index is 0.664. The van der Waals surface area contributed by atoms with Crippen LogP contribution in [0.15, 0.2) is 0 Å². The first-order valence-electron chi connectivity index (χ1n) is 3.43. The Labute approximate surface area is 61.8 Å². The van der Waals surface area contributed by atoms with Gasteiger partial charge in [0, 0.05) is 31.4 Å². The lowest BCUT2D eigenvalue weighted by Gasteiger charge is -2.39. The summed E-state index contributed by atoms with van der Waals surface area (Å²) in [7, 11) is 0. The molecule has 1 aliphatic rings. The number of nitrogens with two attached hydrogens (primary N) is 1. The van der Waals surface area contributed by atoms with Gasteiger partial charge >= 0.3 is 0 Å². The Morgan fingerprint density at radius 3 is 2.78 bits per heavy atom. The highest BCUT2D eigenvalue weighted by atomic mass is 32.1. The molecule has 3 heteroatoms. The highest BCUT2D eigenvalue weighted by molar-refractivity contribution is 7.80. The Morgan fingerprint density at radius 1 is 1.67 bits per heavy atom. The van der Waals surface area contributed by atoms with Crippen molar-refractivity contribution in [3.8, 4) is 0 Å². The smallest absolute Gasteiger partial charge is 0.0230 e. The predicted octanol–water partition coefficient (Wildman–Crippen LogP) is -0.0508. The van der Waals surface area contributed by atoms with Gasteiger partial charge in [0.25, 0.3) is 0 Å². The van der Waals surface area contributed by atoms with Gasteiger partial charge in [-0.1, -0.05) is 0 Å². The number of hydrogen-bond acceptors (Lipinski definition) is 3. The zero-order valence-corrected chi connectivity index (χ0v) is 6.48. The number of thiol groups is 1. The molecule has 0 aromatic heterocycles. The van der Waals surface area contributed by atoms with Crippen molar-refractivity contribution in [2.75, 3.05) is 25.4 Å². The molecule has 0 amide bonds.